The van der Waals surface area contributed by atoms with Crippen LogP contribution in [0.4, 0.5) is 0 Å². The second-order valence-electron chi connectivity index (χ2n) is 15.9. The predicted octanol–water partition coefficient (Wildman–Crippen LogP) is 14.0. The van der Waals surface area contributed by atoms with Crippen LogP contribution in [0.3, 0.4) is 0 Å². The molecule has 290 valence electrons. The molecule has 0 unspecified atom stereocenters. The van der Waals surface area contributed by atoms with E-state index in [1.54, 1.807) is 0 Å². The molecule has 0 radical (unpaired) electrons. The molecule has 1 aliphatic rings. The Morgan fingerprint density at radius 1 is 0.339 bits per heavy atom. The lowest BCUT2D eigenvalue weighted by Crippen LogP contribution is -2.28. The number of hydrogen-bond acceptors (Lipinski definition) is 3. The zero-order valence-electron chi connectivity index (χ0n) is 33.7. The van der Waals surface area contributed by atoms with E-state index in [1.165, 1.54) is 44.2 Å². The number of benzene rings is 9. The Labute approximate surface area is 360 Å². The van der Waals surface area contributed by atoms with Gasteiger partial charge in [0.2, 0.25) is 0 Å². The Bertz CT molecular complexity index is 3390. The minimum atomic E-state index is -0.474. The lowest BCUT2D eigenvalue weighted by Gasteiger charge is -2.33. The maximum absolute atomic E-state index is 5.12. The first-order valence-electron chi connectivity index (χ1n) is 21.1. The van der Waals surface area contributed by atoms with E-state index in [0.29, 0.717) is 17.5 Å². The van der Waals surface area contributed by atoms with Crippen molar-refractivity contribution in [1.82, 2.24) is 19.5 Å². The van der Waals surface area contributed by atoms with Gasteiger partial charge >= 0.3 is 0 Å². The highest BCUT2D eigenvalue weighted by Gasteiger charge is 2.47. The fourth-order valence-corrected chi connectivity index (χ4v) is 9.85. The molecule has 4 nitrogen and oxygen atoms in total. The van der Waals surface area contributed by atoms with Gasteiger partial charge in [-0.2, -0.15) is 0 Å². The quantitative estimate of drug-likeness (QED) is 0.161. The van der Waals surface area contributed by atoms with Crippen molar-refractivity contribution in [1.29, 1.82) is 0 Å². The number of hydrogen-bond donors (Lipinski definition) is 0. The molecule has 11 aromatic rings. The molecule has 0 atom stereocenters. The maximum atomic E-state index is 5.12. The molecule has 0 fully saturated rings. The molecule has 2 heterocycles. The Morgan fingerprint density at radius 3 is 1.53 bits per heavy atom. The topological polar surface area (TPSA) is 43.6 Å². The predicted molar refractivity (Wildman–Crippen MR) is 253 cm³/mol. The summed E-state index contributed by atoms with van der Waals surface area (Å²) in [6.45, 7) is 0. The SMILES string of the molecule is c1ccc(-c2cccc(-c3nc(-c4ccccc4)nc(-c4ccc(-n5c6ccccc6c6c7c(ccc65)C(c5ccccc5)(c5ccccc5)c5ccccc5-7)cc4)n3)c2)cc1. The summed E-state index contributed by atoms with van der Waals surface area (Å²) in [6, 6.07) is 82.3. The average Bonchev–Trinajstić information content (AvgIpc) is 3.86. The Hall–Kier alpha value is -8.21. The van der Waals surface area contributed by atoms with Crippen molar-refractivity contribution in [2.45, 2.75) is 5.41 Å². The van der Waals surface area contributed by atoms with Crippen LogP contribution in [0.1, 0.15) is 22.3 Å². The average molecular weight is 791 g/mol. The van der Waals surface area contributed by atoms with Crippen molar-refractivity contribution in [2.75, 3.05) is 0 Å². The maximum Gasteiger partial charge on any atom is 0.164 e. The number of para-hydroxylation sites is 1. The summed E-state index contributed by atoms with van der Waals surface area (Å²) >= 11 is 0. The van der Waals surface area contributed by atoms with Crippen molar-refractivity contribution in [2.24, 2.45) is 0 Å². The van der Waals surface area contributed by atoms with Crippen LogP contribution in [-0.2, 0) is 5.41 Å². The van der Waals surface area contributed by atoms with E-state index >= 15 is 0 Å². The zero-order valence-corrected chi connectivity index (χ0v) is 33.7. The van der Waals surface area contributed by atoms with Crippen molar-refractivity contribution in [3.8, 4) is 62.1 Å². The molecule has 0 bridgehead atoms. The van der Waals surface area contributed by atoms with Crippen LogP contribution in [-0.4, -0.2) is 19.5 Å². The van der Waals surface area contributed by atoms with Gasteiger partial charge in [-0.1, -0.05) is 188 Å². The monoisotopic (exact) mass is 790 g/mol. The van der Waals surface area contributed by atoms with E-state index < -0.39 is 5.41 Å². The van der Waals surface area contributed by atoms with Gasteiger partial charge in [-0.15, -0.1) is 0 Å². The van der Waals surface area contributed by atoms with Gasteiger partial charge in [0.25, 0.3) is 0 Å². The van der Waals surface area contributed by atoms with Crippen molar-refractivity contribution in [3.63, 3.8) is 0 Å². The molecule has 1 aliphatic carbocycles. The van der Waals surface area contributed by atoms with Gasteiger partial charge in [0.05, 0.1) is 16.4 Å². The van der Waals surface area contributed by atoms with E-state index in [4.69, 9.17) is 15.0 Å². The van der Waals surface area contributed by atoms with Crippen molar-refractivity contribution in [3.05, 3.63) is 253 Å². The molecule has 2 aromatic heterocycles. The first-order valence-corrected chi connectivity index (χ1v) is 21.1. The summed E-state index contributed by atoms with van der Waals surface area (Å²) < 4.78 is 2.41. The summed E-state index contributed by atoms with van der Waals surface area (Å²) in [7, 11) is 0. The number of fused-ring (bicyclic) bond motifs is 7. The molecule has 4 heteroatoms. The molecule has 9 aromatic carbocycles. The summed E-state index contributed by atoms with van der Waals surface area (Å²) in [4.78, 5) is 15.2. The standard InChI is InChI=1S/C58H38N4/c1-5-18-39(19-6-1)42-22-17-23-43(38-42)57-60-55(40-20-7-2-8-21-40)59-56(61-57)41-32-34-46(35-33-41)62-51-31-16-14-29-48(51)54-52(62)37-36-50-53(54)47-28-13-15-30-49(47)58(50,44-24-9-3-10-25-44)45-26-11-4-12-27-45/h1-38H. The minimum Gasteiger partial charge on any atom is -0.309 e. The highest BCUT2D eigenvalue weighted by atomic mass is 15.0. The van der Waals surface area contributed by atoms with Gasteiger partial charge in [0.15, 0.2) is 17.5 Å². The fourth-order valence-electron chi connectivity index (χ4n) is 9.85. The smallest absolute Gasteiger partial charge is 0.164 e. The van der Waals surface area contributed by atoms with Gasteiger partial charge in [-0.25, -0.2) is 15.0 Å². The van der Waals surface area contributed by atoms with Crippen molar-refractivity contribution >= 4 is 21.8 Å². The second kappa shape index (κ2) is 14.5. The lowest BCUT2D eigenvalue weighted by molar-refractivity contribution is 0.769. The summed E-state index contributed by atoms with van der Waals surface area (Å²) in [6.07, 6.45) is 0. The molecule has 62 heavy (non-hydrogen) atoms. The van der Waals surface area contributed by atoms with E-state index in [2.05, 4.69) is 199 Å². The number of rotatable bonds is 7. The van der Waals surface area contributed by atoms with E-state index in [9.17, 15) is 0 Å². The van der Waals surface area contributed by atoms with Crippen LogP contribution in [0, 0.1) is 0 Å². The molecule has 0 aliphatic heterocycles. The van der Waals surface area contributed by atoms with Gasteiger partial charge in [-0.3, -0.25) is 0 Å². The van der Waals surface area contributed by atoms with Crippen LogP contribution in [0.5, 0.6) is 0 Å². The molecule has 0 spiro atoms. The number of nitrogens with zero attached hydrogens (tertiary/aromatic N) is 4. The minimum absolute atomic E-state index is 0.474. The third-order valence-electron chi connectivity index (χ3n) is 12.5. The normalized spacial score (nSPS) is 12.6. The molecule has 12 rings (SSSR count). The van der Waals surface area contributed by atoms with E-state index in [-0.39, 0.29) is 0 Å². The summed E-state index contributed by atoms with van der Waals surface area (Å²) in [5.74, 6) is 1.90. The third-order valence-corrected chi connectivity index (χ3v) is 12.5. The van der Waals surface area contributed by atoms with Gasteiger partial charge in [0, 0.05) is 33.2 Å². The van der Waals surface area contributed by atoms with E-state index in [0.717, 1.165) is 44.5 Å². The Morgan fingerprint density at radius 2 is 0.855 bits per heavy atom. The van der Waals surface area contributed by atoms with E-state index in [1.807, 2.05) is 36.4 Å². The van der Waals surface area contributed by atoms with Crippen molar-refractivity contribution < 1.29 is 0 Å². The summed E-state index contributed by atoms with van der Waals surface area (Å²) in [5.41, 5.74) is 15.7. The van der Waals surface area contributed by atoms with Gasteiger partial charge in [0.1, 0.15) is 0 Å². The van der Waals surface area contributed by atoms with Crippen LogP contribution in [0.25, 0.3) is 83.9 Å². The highest BCUT2D eigenvalue weighted by molar-refractivity contribution is 6.18. The molecule has 0 saturated heterocycles. The van der Waals surface area contributed by atoms with Gasteiger partial charge in [-0.05, 0) is 87.0 Å². The second-order valence-corrected chi connectivity index (χ2v) is 15.9. The highest BCUT2D eigenvalue weighted by Crippen LogP contribution is 2.58. The van der Waals surface area contributed by atoms with Crippen LogP contribution in [0.15, 0.2) is 231 Å². The van der Waals surface area contributed by atoms with Crippen LogP contribution < -0.4 is 0 Å². The molecular weight excluding hydrogens is 753 g/mol. The summed E-state index contributed by atoms with van der Waals surface area (Å²) in [5, 5.41) is 2.48. The zero-order chi connectivity index (χ0) is 41.0. The first kappa shape index (κ1) is 35.7. The third kappa shape index (κ3) is 5.58. The Balaban J connectivity index is 1.03. The van der Waals surface area contributed by atoms with Gasteiger partial charge < -0.3 is 4.57 Å². The molecule has 0 saturated carbocycles. The largest absolute Gasteiger partial charge is 0.309 e. The molecular formula is C58H38N4. The lowest BCUT2D eigenvalue weighted by atomic mass is 9.67. The Kier molecular flexibility index (Phi) is 8.36. The fraction of sp³-hybridized carbons (Fsp3) is 0.0172. The van der Waals surface area contributed by atoms with Crippen LogP contribution >= 0.6 is 0 Å². The first-order chi connectivity index (χ1) is 30.8. The number of aromatic nitrogens is 4. The van der Waals surface area contributed by atoms with Crippen LogP contribution in [0.2, 0.25) is 0 Å². The molecule has 0 amide bonds. The molecule has 0 N–H and O–H groups in total.